The Morgan fingerprint density at radius 1 is 1.06 bits per heavy atom. The van der Waals surface area contributed by atoms with Crippen molar-refractivity contribution in [2.24, 2.45) is 0 Å². The van der Waals surface area contributed by atoms with Crippen molar-refractivity contribution in [2.45, 2.75) is 20.8 Å². The van der Waals surface area contributed by atoms with Crippen LogP contribution < -0.4 is 10.2 Å². The van der Waals surface area contributed by atoms with E-state index < -0.39 is 11.8 Å². The van der Waals surface area contributed by atoms with Crippen LogP contribution in [0.1, 0.15) is 22.5 Å². The number of hydrogen-bond acceptors (Lipinski definition) is 3. The number of aromatic nitrogens is 1. The predicted molar refractivity (Wildman–Crippen MR) is 128 cm³/mol. The highest BCUT2D eigenvalue weighted by molar-refractivity contribution is 7.80. The van der Waals surface area contributed by atoms with Crippen molar-refractivity contribution >= 4 is 52.5 Å². The topological polar surface area (TPSA) is 54.3 Å². The standard InChI is InChI=1S/C24H19ClFN3O2S/c1-13-11-16(15(3)28(13)18-9-7-17(26)8-10-18)12-19-22(30)27-24(32)29(23(19)31)21-6-4-5-20(25)14(21)2/h4-12H,1-3H3,(H,27,30,32)/b19-12-. The van der Waals surface area contributed by atoms with Gasteiger partial charge in [-0.15, -0.1) is 0 Å². The molecule has 1 saturated heterocycles. The second-order valence-corrected chi connectivity index (χ2v) is 8.27. The van der Waals surface area contributed by atoms with E-state index in [9.17, 15) is 14.0 Å². The van der Waals surface area contributed by atoms with Gasteiger partial charge in [0.2, 0.25) is 0 Å². The number of nitrogens with one attached hydrogen (secondary N) is 1. The normalized spacial score (nSPS) is 15.5. The molecule has 1 aliphatic heterocycles. The smallest absolute Gasteiger partial charge is 0.270 e. The predicted octanol–water partition coefficient (Wildman–Crippen LogP) is 5.03. The lowest BCUT2D eigenvalue weighted by Gasteiger charge is -2.30. The zero-order chi connectivity index (χ0) is 23.2. The maximum Gasteiger partial charge on any atom is 0.270 e. The molecule has 1 aliphatic rings. The summed E-state index contributed by atoms with van der Waals surface area (Å²) in [7, 11) is 0. The van der Waals surface area contributed by atoms with Gasteiger partial charge in [0.25, 0.3) is 11.8 Å². The Balaban J connectivity index is 1.78. The molecule has 32 heavy (non-hydrogen) atoms. The van der Waals surface area contributed by atoms with E-state index in [0.29, 0.717) is 21.8 Å². The first-order valence-electron chi connectivity index (χ1n) is 9.80. The van der Waals surface area contributed by atoms with Crippen LogP contribution in [0.2, 0.25) is 5.02 Å². The number of amides is 2. The Bertz CT molecular complexity index is 1310. The number of hydrogen-bond donors (Lipinski definition) is 1. The number of nitrogens with zero attached hydrogens (tertiary/aromatic N) is 2. The van der Waals surface area contributed by atoms with E-state index in [0.717, 1.165) is 17.1 Å². The number of carbonyl (C=O) groups excluding carboxylic acids is 2. The molecule has 0 unspecified atom stereocenters. The minimum Gasteiger partial charge on any atom is -0.318 e. The number of carbonyl (C=O) groups is 2. The third-order valence-electron chi connectivity index (χ3n) is 5.44. The van der Waals surface area contributed by atoms with Crippen LogP contribution in [0.15, 0.2) is 54.1 Å². The third kappa shape index (κ3) is 3.74. The molecule has 0 saturated carbocycles. The number of thiocarbonyl (C=S) groups is 1. The van der Waals surface area contributed by atoms with Gasteiger partial charge in [-0.2, -0.15) is 0 Å². The molecule has 0 bridgehead atoms. The van der Waals surface area contributed by atoms with Crippen LogP contribution in [0, 0.1) is 26.6 Å². The molecule has 0 radical (unpaired) electrons. The molecule has 1 N–H and O–H groups in total. The summed E-state index contributed by atoms with van der Waals surface area (Å²) in [5, 5.41) is 3.08. The molecule has 1 fully saturated rings. The first-order chi connectivity index (χ1) is 15.2. The molecule has 4 rings (SSSR count). The second-order valence-electron chi connectivity index (χ2n) is 7.48. The first-order valence-corrected chi connectivity index (χ1v) is 10.6. The molecule has 2 heterocycles. The Kier molecular flexibility index (Phi) is 5.71. The fourth-order valence-electron chi connectivity index (χ4n) is 3.79. The highest BCUT2D eigenvalue weighted by Crippen LogP contribution is 2.30. The average molecular weight is 468 g/mol. The van der Waals surface area contributed by atoms with E-state index >= 15 is 0 Å². The summed E-state index contributed by atoms with van der Waals surface area (Å²) in [6.07, 6.45) is 1.55. The summed E-state index contributed by atoms with van der Waals surface area (Å²) in [6, 6.07) is 13.1. The van der Waals surface area contributed by atoms with E-state index in [1.54, 1.807) is 43.3 Å². The first kappa shape index (κ1) is 21.9. The quantitative estimate of drug-likeness (QED) is 0.334. The maximum absolute atomic E-state index is 13.3. The molecular formula is C24H19ClFN3O2S. The fourth-order valence-corrected chi connectivity index (χ4v) is 4.23. The van der Waals surface area contributed by atoms with Crippen LogP contribution in [0.25, 0.3) is 11.8 Å². The van der Waals surface area contributed by atoms with E-state index in [1.807, 2.05) is 24.5 Å². The molecular weight excluding hydrogens is 449 g/mol. The van der Waals surface area contributed by atoms with Gasteiger partial charge in [0, 0.05) is 22.1 Å². The van der Waals surface area contributed by atoms with Crippen LogP contribution in [0.4, 0.5) is 10.1 Å². The largest absolute Gasteiger partial charge is 0.318 e. The van der Waals surface area contributed by atoms with Gasteiger partial charge in [-0.25, -0.2) is 4.39 Å². The summed E-state index contributed by atoms with van der Waals surface area (Å²) in [4.78, 5) is 27.3. The third-order valence-corrected chi connectivity index (χ3v) is 6.13. The van der Waals surface area contributed by atoms with Gasteiger partial charge in [0.15, 0.2) is 5.11 Å². The summed E-state index contributed by atoms with van der Waals surface area (Å²) >= 11 is 11.5. The van der Waals surface area contributed by atoms with Crippen LogP contribution in [-0.4, -0.2) is 21.5 Å². The molecule has 162 valence electrons. The molecule has 1 aromatic heterocycles. The number of aryl methyl sites for hydroxylation is 1. The number of anilines is 1. The van der Waals surface area contributed by atoms with Crippen LogP contribution in [0.5, 0.6) is 0 Å². The molecule has 3 aromatic rings. The van der Waals surface area contributed by atoms with E-state index in [1.165, 1.54) is 17.0 Å². The highest BCUT2D eigenvalue weighted by atomic mass is 35.5. The highest BCUT2D eigenvalue weighted by Gasteiger charge is 2.35. The number of benzene rings is 2. The Morgan fingerprint density at radius 2 is 1.75 bits per heavy atom. The molecule has 8 heteroatoms. The molecule has 0 aliphatic carbocycles. The molecule has 2 amide bonds. The average Bonchev–Trinajstić information content (AvgIpc) is 3.02. The van der Waals surface area contributed by atoms with Crippen molar-refractivity contribution in [1.82, 2.24) is 9.88 Å². The minimum atomic E-state index is -0.567. The van der Waals surface area contributed by atoms with E-state index in [2.05, 4.69) is 5.32 Å². The summed E-state index contributed by atoms with van der Waals surface area (Å²) < 4.78 is 15.3. The fraction of sp³-hybridized carbons (Fsp3) is 0.125. The van der Waals surface area contributed by atoms with Gasteiger partial charge in [0.1, 0.15) is 11.4 Å². The van der Waals surface area contributed by atoms with Gasteiger partial charge >= 0.3 is 0 Å². The Hall–Kier alpha value is -3.29. The molecule has 2 aromatic carbocycles. The zero-order valence-electron chi connectivity index (χ0n) is 17.6. The van der Waals surface area contributed by atoms with Crippen LogP contribution >= 0.6 is 23.8 Å². The summed E-state index contributed by atoms with van der Waals surface area (Å²) in [5.74, 6) is -1.42. The number of rotatable bonds is 3. The van der Waals surface area contributed by atoms with Crippen molar-refractivity contribution in [2.75, 3.05) is 4.90 Å². The lowest BCUT2D eigenvalue weighted by molar-refractivity contribution is -0.122. The molecule has 0 spiro atoms. The van der Waals surface area contributed by atoms with Gasteiger partial charge in [-0.1, -0.05) is 17.7 Å². The van der Waals surface area contributed by atoms with E-state index in [-0.39, 0.29) is 16.5 Å². The zero-order valence-corrected chi connectivity index (χ0v) is 19.1. The monoisotopic (exact) mass is 467 g/mol. The van der Waals surface area contributed by atoms with Gasteiger partial charge in [-0.05, 0) is 92.7 Å². The SMILES string of the molecule is Cc1c(Cl)cccc1N1C(=O)/C(=C\c2cc(C)n(-c3ccc(F)cc3)c2C)C(=O)NC1=S. The lowest BCUT2D eigenvalue weighted by Crippen LogP contribution is -2.54. The van der Waals surface area contributed by atoms with Crippen molar-refractivity contribution in [3.05, 3.63) is 87.5 Å². The lowest BCUT2D eigenvalue weighted by atomic mass is 10.1. The molecule has 5 nitrogen and oxygen atoms in total. The Labute approximate surface area is 195 Å². The van der Waals surface area contributed by atoms with Crippen molar-refractivity contribution < 1.29 is 14.0 Å². The molecule has 0 atom stereocenters. The maximum atomic E-state index is 13.3. The minimum absolute atomic E-state index is 0.000647. The second kappa shape index (κ2) is 8.33. The van der Waals surface area contributed by atoms with Crippen molar-refractivity contribution in [3.8, 4) is 5.69 Å². The van der Waals surface area contributed by atoms with Crippen LogP contribution in [-0.2, 0) is 9.59 Å². The van der Waals surface area contributed by atoms with Gasteiger partial charge in [0.05, 0.1) is 5.69 Å². The van der Waals surface area contributed by atoms with Crippen LogP contribution in [0.3, 0.4) is 0 Å². The number of halogens is 2. The van der Waals surface area contributed by atoms with Crippen molar-refractivity contribution in [3.63, 3.8) is 0 Å². The van der Waals surface area contributed by atoms with Gasteiger partial charge < -0.3 is 4.57 Å². The summed E-state index contributed by atoms with van der Waals surface area (Å²) in [5.41, 5.74) is 4.30. The van der Waals surface area contributed by atoms with Gasteiger partial charge in [-0.3, -0.25) is 19.8 Å². The van der Waals surface area contributed by atoms with E-state index in [4.69, 9.17) is 23.8 Å². The van der Waals surface area contributed by atoms with Crippen molar-refractivity contribution in [1.29, 1.82) is 0 Å². The Morgan fingerprint density at radius 3 is 2.44 bits per heavy atom. The summed E-state index contributed by atoms with van der Waals surface area (Å²) in [6.45, 7) is 5.55.